The number of carbonyl (C=O) groups excluding carboxylic acids is 1. The molecule has 0 unspecified atom stereocenters. The summed E-state index contributed by atoms with van der Waals surface area (Å²) in [5.74, 6) is -0.273. The van der Waals surface area contributed by atoms with E-state index in [1.165, 1.54) is 17.4 Å². The van der Waals surface area contributed by atoms with Crippen LogP contribution in [0, 0.1) is 10.1 Å². The molecule has 0 spiro atoms. The number of thioether (sulfide) groups is 1. The minimum absolute atomic E-state index is 0.0187. The van der Waals surface area contributed by atoms with Crippen LogP contribution in [0.4, 0.5) is 16.5 Å². The molecule has 1 amide bonds. The van der Waals surface area contributed by atoms with Gasteiger partial charge in [-0.3, -0.25) is 24.7 Å². The molecule has 37 heavy (non-hydrogen) atoms. The number of thiazole rings is 1. The summed E-state index contributed by atoms with van der Waals surface area (Å²) in [6.45, 7) is 5.69. The molecular formula is C26H31N5O4S2. The van der Waals surface area contributed by atoms with Crippen LogP contribution in [0.5, 0.6) is 0 Å². The highest BCUT2D eigenvalue weighted by molar-refractivity contribution is 7.98. The van der Waals surface area contributed by atoms with Crippen molar-refractivity contribution in [3.8, 4) is 0 Å². The number of ether oxygens (including phenoxy) is 1. The second-order valence-corrected chi connectivity index (χ2v) is 11.1. The molecule has 0 bridgehead atoms. The monoisotopic (exact) mass is 541 g/mol. The fraction of sp³-hybridized carbons (Fsp3) is 0.462. The van der Waals surface area contributed by atoms with Crippen LogP contribution >= 0.6 is 23.1 Å². The molecule has 0 atom stereocenters. The number of piperidine rings is 1. The number of hydrogen-bond acceptors (Lipinski definition) is 9. The first-order chi connectivity index (χ1) is 18.0. The maximum absolute atomic E-state index is 13.9. The van der Waals surface area contributed by atoms with Crippen molar-refractivity contribution in [2.45, 2.75) is 24.2 Å². The number of hydrogen-bond donors (Lipinski definition) is 0. The number of rotatable bonds is 8. The van der Waals surface area contributed by atoms with Crippen molar-refractivity contribution >= 4 is 55.7 Å². The first kappa shape index (κ1) is 25.9. The summed E-state index contributed by atoms with van der Waals surface area (Å²) in [4.78, 5) is 37.4. The molecule has 3 aromatic rings. The molecule has 1 aromatic heterocycles. The molecule has 0 N–H and O–H groups in total. The number of nitro benzene ring substituents is 1. The van der Waals surface area contributed by atoms with Gasteiger partial charge in [0.25, 0.3) is 11.6 Å². The predicted octanol–water partition coefficient (Wildman–Crippen LogP) is 4.90. The Morgan fingerprint density at radius 1 is 1.14 bits per heavy atom. The maximum Gasteiger partial charge on any atom is 0.293 e. The molecule has 2 saturated heterocycles. The second-order valence-electron chi connectivity index (χ2n) is 9.25. The largest absolute Gasteiger partial charge is 0.379 e. The van der Waals surface area contributed by atoms with Gasteiger partial charge >= 0.3 is 0 Å². The number of carbonyl (C=O) groups is 1. The van der Waals surface area contributed by atoms with E-state index >= 15 is 0 Å². The fourth-order valence-electron chi connectivity index (χ4n) is 4.85. The van der Waals surface area contributed by atoms with E-state index in [1.807, 2.05) is 18.4 Å². The van der Waals surface area contributed by atoms with Gasteiger partial charge in [0.05, 0.1) is 28.4 Å². The summed E-state index contributed by atoms with van der Waals surface area (Å²) in [6.07, 6.45) is 5.20. The van der Waals surface area contributed by atoms with Gasteiger partial charge in [0, 0.05) is 55.8 Å². The van der Waals surface area contributed by atoms with Crippen molar-refractivity contribution in [3.05, 3.63) is 52.1 Å². The van der Waals surface area contributed by atoms with Gasteiger partial charge < -0.3 is 9.64 Å². The van der Waals surface area contributed by atoms with Crippen LogP contribution in [-0.2, 0) is 4.74 Å². The van der Waals surface area contributed by atoms with E-state index < -0.39 is 0 Å². The Labute approximate surface area is 224 Å². The minimum atomic E-state index is -0.375. The van der Waals surface area contributed by atoms with E-state index in [-0.39, 0.29) is 16.5 Å². The van der Waals surface area contributed by atoms with E-state index in [2.05, 4.69) is 15.9 Å². The normalized spacial score (nSPS) is 16.7. The number of aromatic nitrogens is 1. The summed E-state index contributed by atoms with van der Waals surface area (Å²) in [6, 6.07) is 11.0. The molecule has 2 fully saturated rings. The first-order valence-corrected chi connectivity index (χ1v) is 14.7. The van der Waals surface area contributed by atoms with Crippen molar-refractivity contribution in [3.63, 3.8) is 0 Å². The van der Waals surface area contributed by atoms with Crippen molar-refractivity contribution in [2.24, 2.45) is 0 Å². The molecule has 3 heterocycles. The van der Waals surface area contributed by atoms with E-state index in [9.17, 15) is 14.9 Å². The van der Waals surface area contributed by atoms with Gasteiger partial charge in [-0.25, -0.2) is 4.98 Å². The predicted molar refractivity (Wildman–Crippen MR) is 149 cm³/mol. The zero-order valence-corrected chi connectivity index (χ0v) is 22.6. The Morgan fingerprint density at radius 3 is 2.65 bits per heavy atom. The van der Waals surface area contributed by atoms with E-state index in [4.69, 9.17) is 9.72 Å². The van der Waals surface area contributed by atoms with E-state index in [1.54, 1.807) is 28.8 Å². The lowest BCUT2D eigenvalue weighted by atomic mass is 10.1. The Kier molecular flexibility index (Phi) is 8.23. The van der Waals surface area contributed by atoms with Crippen LogP contribution < -0.4 is 9.80 Å². The molecule has 2 aromatic carbocycles. The lowest BCUT2D eigenvalue weighted by Crippen LogP contribution is -2.43. The second kappa shape index (κ2) is 11.8. The van der Waals surface area contributed by atoms with Gasteiger partial charge in [0.1, 0.15) is 5.69 Å². The zero-order valence-electron chi connectivity index (χ0n) is 20.9. The van der Waals surface area contributed by atoms with Gasteiger partial charge in [-0.2, -0.15) is 0 Å². The number of morpholine rings is 1. The van der Waals surface area contributed by atoms with Crippen LogP contribution in [0.1, 0.15) is 29.6 Å². The lowest BCUT2D eigenvalue weighted by molar-refractivity contribution is -0.384. The van der Waals surface area contributed by atoms with Crippen LogP contribution in [-0.4, -0.2) is 79.5 Å². The Bertz CT molecular complexity index is 1270. The molecule has 11 heteroatoms. The average molecular weight is 542 g/mol. The number of nitro groups is 1. The van der Waals surface area contributed by atoms with Crippen LogP contribution in [0.25, 0.3) is 10.2 Å². The number of fused-ring (bicyclic) bond motifs is 1. The van der Waals surface area contributed by atoms with Crippen molar-refractivity contribution in [1.29, 1.82) is 0 Å². The molecule has 0 saturated carbocycles. The van der Waals surface area contributed by atoms with E-state index in [0.29, 0.717) is 42.7 Å². The summed E-state index contributed by atoms with van der Waals surface area (Å²) >= 11 is 3.14. The third-order valence-electron chi connectivity index (χ3n) is 6.92. The number of amides is 1. The van der Waals surface area contributed by atoms with Crippen molar-refractivity contribution in [2.75, 3.05) is 68.5 Å². The summed E-state index contributed by atoms with van der Waals surface area (Å²) in [5.41, 5.74) is 1.72. The molecule has 2 aliphatic heterocycles. The Hall–Kier alpha value is -2.73. The standard InChI is InChI=1S/C26H31N5O4S2/c1-36-20-6-7-21-24(18-20)37-26(27-21)30(12-11-28-13-15-35-16-14-28)25(32)19-5-8-22(23(17-19)31(33)34)29-9-3-2-4-10-29/h5-8,17-18H,2-4,9-16H2,1H3. The van der Waals surface area contributed by atoms with E-state index in [0.717, 1.165) is 60.6 Å². The van der Waals surface area contributed by atoms with Gasteiger partial charge in [-0.1, -0.05) is 11.3 Å². The van der Waals surface area contributed by atoms with Gasteiger partial charge in [0.2, 0.25) is 0 Å². The Balaban J connectivity index is 1.47. The van der Waals surface area contributed by atoms with Gasteiger partial charge in [-0.05, 0) is 55.9 Å². The van der Waals surface area contributed by atoms with Crippen LogP contribution in [0.15, 0.2) is 41.3 Å². The van der Waals surface area contributed by atoms with Crippen molar-refractivity contribution in [1.82, 2.24) is 9.88 Å². The smallest absolute Gasteiger partial charge is 0.293 e. The SMILES string of the molecule is CSc1ccc2nc(N(CCN3CCOCC3)C(=O)c3ccc(N4CCCCC4)c([N+](=O)[O-])c3)sc2c1. The van der Waals surface area contributed by atoms with Crippen LogP contribution in [0.3, 0.4) is 0 Å². The highest BCUT2D eigenvalue weighted by atomic mass is 32.2. The summed E-state index contributed by atoms with van der Waals surface area (Å²) in [5, 5.41) is 12.6. The molecule has 0 radical (unpaired) electrons. The maximum atomic E-state index is 13.9. The molecule has 196 valence electrons. The first-order valence-electron chi connectivity index (χ1n) is 12.6. The molecular weight excluding hydrogens is 510 g/mol. The summed E-state index contributed by atoms with van der Waals surface area (Å²) in [7, 11) is 0. The molecule has 0 aliphatic carbocycles. The Morgan fingerprint density at radius 2 is 1.92 bits per heavy atom. The molecule has 5 rings (SSSR count). The lowest BCUT2D eigenvalue weighted by Gasteiger charge is -2.30. The number of anilines is 2. The highest BCUT2D eigenvalue weighted by Crippen LogP contribution is 2.35. The minimum Gasteiger partial charge on any atom is -0.379 e. The number of nitrogens with zero attached hydrogens (tertiary/aromatic N) is 5. The molecule has 2 aliphatic rings. The van der Waals surface area contributed by atoms with Crippen molar-refractivity contribution < 1.29 is 14.5 Å². The topological polar surface area (TPSA) is 92.1 Å². The van der Waals surface area contributed by atoms with Gasteiger partial charge in [-0.15, -0.1) is 11.8 Å². The average Bonchev–Trinajstić information content (AvgIpc) is 3.36. The fourth-order valence-corrected chi connectivity index (χ4v) is 6.39. The zero-order chi connectivity index (χ0) is 25.8. The number of benzene rings is 2. The van der Waals surface area contributed by atoms with Crippen LogP contribution in [0.2, 0.25) is 0 Å². The highest BCUT2D eigenvalue weighted by Gasteiger charge is 2.27. The summed E-state index contributed by atoms with van der Waals surface area (Å²) < 4.78 is 6.48. The third-order valence-corrected chi connectivity index (χ3v) is 8.69. The third kappa shape index (κ3) is 5.90. The van der Waals surface area contributed by atoms with Gasteiger partial charge in [0.15, 0.2) is 5.13 Å². The quantitative estimate of drug-likeness (QED) is 0.226. The molecule has 9 nitrogen and oxygen atoms in total.